The van der Waals surface area contributed by atoms with E-state index in [1.165, 1.54) is 6.07 Å². The highest BCUT2D eigenvalue weighted by atomic mass is 79.9. The van der Waals surface area contributed by atoms with Crippen molar-refractivity contribution in [1.29, 1.82) is 0 Å². The highest BCUT2D eigenvalue weighted by Crippen LogP contribution is 2.15. The Kier molecular flexibility index (Phi) is 5.05. The molecule has 0 aliphatic rings. The number of carbonyl (C=O) groups is 1. The number of amides is 1. The molecular formula is C10H10BrClFNO. The summed E-state index contributed by atoms with van der Waals surface area (Å²) in [6.07, 6.45) is 0.452. The summed E-state index contributed by atoms with van der Waals surface area (Å²) in [5.74, 6) is -0.577. The van der Waals surface area contributed by atoms with Gasteiger partial charge in [0.2, 0.25) is 5.91 Å². The van der Waals surface area contributed by atoms with Crippen LogP contribution in [0.3, 0.4) is 0 Å². The molecule has 0 aromatic heterocycles. The van der Waals surface area contributed by atoms with Crippen LogP contribution in [0.25, 0.3) is 0 Å². The van der Waals surface area contributed by atoms with Crippen LogP contribution < -0.4 is 5.32 Å². The molecule has 1 aromatic carbocycles. The summed E-state index contributed by atoms with van der Waals surface area (Å²) in [5.41, 5.74) is 0.569. The molecular weight excluding hydrogens is 284 g/mol. The Labute approximate surface area is 101 Å². The maximum Gasteiger partial charge on any atom is 0.234 e. The van der Waals surface area contributed by atoms with Gasteiger partial charge in [0.15, 0.2) is 0 Å². The first kappa shape index (κ1) is 12.5. The average molecular weight is 295 g/mol. The molecule has 0 spiro atoms. The molecule has 2 nitrogen and oxygen atoms in total. The van der Waals surface area contributed by atoms with Crippen LogP contribution in [-0.4, -0.2) is 18.3 Å². The number of benzene rings is 1. The van der Waals surface area contributed by atoms with Crippen LogP contribution in [0.4, 0.5) is 4.39 Å². The lowest BCUT2D eigenvalue weighted by Gasteiger charge is -2.05. The van der Waals surface area contributed by atoms with Gasteiger partial charge < -0.3 is 5.32 Å². The zero-order valence-corrected chi connectivity index (χ0v) is 10.2. The Hall–Kier alpha value is -0.610. The fraction of sp³-hybridized carbons (Fsp3) is 0.300. The molecule has 0 unspecified atom stereocenters. The predicted molar refractivity (Wildman–Crippen MR) is 61.5 cm³/mol. The average Bonchev–Trinajstić information content (AvgIpc) is 2.23. The molecule has 0 saturated carbocycles. The van der Waals surface area contributed by atoms with E-state index < -0.39 is 0 Å². The summed E-state index contributed by atoms with van der Waals surface area (Å²) in [5, 5.41) is 2.57. The topological polar surface area (TPSA) is 29.1 Å². The highest BCUT2D eigenvalue weighted by Gasteiger charge is 2.03. The van der Waals surface area contributed by atoms with Gasteiger partial charge in [0.25, 0.3) is 0 Å². The molecule has 0 saturated heterocycles. The van der Waals surface area contributed by atoms with E-state index in [9.17, 15) is 9.18 Å². The van der Waals surface area contributed by atoms with Gasteiger partial charge in [-0.15, -0.1) is 11.6 Å². The van der Waals surface area contributed by atoms with Gasteiger partial charge in [0.05, 0.1) is 0 Å². The van der Waals surface area contributed by atoms with Gasteiger partial charge in [0, 0.05) is 11.0 Å². The number of nitrogens with one attached hydrogen (secondary N) is 1. The number of carbonyl (C=O) groups excluding carboxylic acids is 1. The molecule has 15 heavy (non-hydrogen) atoms. The number of hydrogen-bond acceptors (Lipinski definition) is 1. The summed E-state index contributed by atoms with van der Waals surface area (Å²) >= 11 is 8.55. The summed E-state index contributed by atoms with van der Waals surface area (Å²) < 4.78 is 14.0. The molecule has 1 rings (SSSR count). The second-order valence-electron chi connectivity index (χ2n) is 2.97. The van der Waals surface area contributed by atoms with E-state index in [0.717, 1.165) is 4.47 Å². The minimum atomic E-state index is -0.265. The van der Waals surface area contributed by atoms with E-state index in [-0.39, 0.29) is 17.6 Å². The van der Waals surface area contributed by atoms with Crippen LogP contribution in [0.1, 0.15) is 5.56 Å². The van der Waals surface area contributed by atoms with Crippen molar-refractivity contribution in [1.82, 2.24) is 5.32 Å². The largest absolute Gasteiger partial charge is 0.355 e. The first-order chi connectivity index (χ1) is 7.13. The molecule has 1 N–H and O–H groups in total. The first-order valence-electron chi connectivity index (χ1n) is 4.40. The van der Waals surface area contributed by atoms with Crippen molar-refractivity contribution in [3.63, 3.8) is 0 Å². The summed E-state index contributed by atoms with van der Waals surface area (Å²) in [7, 11) is 0. The van der Waals surface area contributed by atoms with Crippen molar-refractivity contribution in [3.05, 3.63) is 34.1 Å². The van der Waals surface area contributed by atoms with E-state index in [4.69, 9.17) is 11.6 Å². The van der Waals surface area contributed by atoms with Crippen LogP contribution in [-0.2, 0) is 11.2 Å². The van der Waals surface area contributed by atoms with Crippen molar-refractivity contribution < 1.29 is 9.18 Å². The summed E-state index contributed by atoms with van der Waals surface area (Å²) in [4.78, 5) is 10.8. The Morgan fingerprint density at radius 1 is 1.53 bits per heavy atom. The fourth-order valence-corrected chi connectivity index (χ4v) is 1.62. The lowest BCUT2D eigenvalue weighted by Crippen LogP contribution is -2.26. The van der Waals surface area contributed by atoms with Gasteiger partial charge in [-0.05, 0) is 30.2 Å². The molecule has 5 heteroatoms. The highest BCUT2D eigenvalue weighted by molar-refractivity contribution is 9.10. The SMILES string of the molecule is O=C(CCl)NCCc1cc(Br)ccc1F. The molecule has 0 atom stereocenters. The molecule has 1 amide bonds. The summed E-state index contributed by atoms with van der Waals surface area (Å²) in [6.45, 7) is 0.388. The van der Waals surface area contributed by atoms with E-state index >= 15 is 0 Å². The number of hydrogen-bond donors (Lipinski definition) is 1. The zero-order chi connectivity index (χ0) is 11.3. The molecule has 82 valence electrons. The van der Waals surface area contributed by atoms with Gasteiger partial charge in [-0.2, -0.15) is 0 Å². The lowest BCUT2D eigenvalue weighted by molar-refractivity contribution is -0.118. The normalized spacial score (nSPS) is 10.1. The standard InChI is InChI=1S/C10H10BrClFNO/c11-8-1-2-9(13)7(5-8)3-4-14-10(15)6-12/h1-2,5H,3-4,6H2,(H,14,15). The molecule has 0 radical (unpaired) electrons. The van der Waals surface area contributed by atoms with Gasteiger partial charge in [-0.25, -0.2) is 4.39 Å². The van der Waals surface area contributed by atoms with Crippen LogP contribution in [0.5, 0.6) is 0 Å². The Balaban J connectivity index is 2.50. The van der Waals surface area contributed by atoms with E-state index in [1.807, 2.05) is 0 Å². The summed E-state index contributed by atoms with van der Waals surface area (Å²) in [6, 6.07) is 4.72. The second kappa shape index (κ2) is 6.08. The molecule has 0 aliphatic carbocycles. The monoisotopic (exact) mass is 293 g/mol. The number of rotatable bonds is 4. The van der Waals surface area contributed by atoms with Crippen molar-refractivity contribution in [2.75, 3.05) is 12.4 Å². The predicted octanol–water partition coefficient (Wildman–Crippen LogP) is 2.49. The minimum Gasteiger partial charge on any atom is -0.355 e. The molecule has 0 heterocycles. The van der Waals surface area contributed by atoms with Crippen molar-refractivity contribution in [2.24, 2.45) is 0 Å². The van der Waals surface area contributed by atoms with Crippen LogP contribution in [0, 0.1) is 5.82 Å². The van der Waals surface area contributed by atoms with Crippen molar-refractivity contribution >= 4 is 33.4 Å². The first-order valence-corrected chi connectivity index (χ1v) is 5.73. The fourth-order valence-electron chi connectivity index (χ4n) is 1.12. The number of halogens is 3. The van der Waals surface area contributed by atoms with E-state index in [0.29, 0.717) is 18.5 Å². The van der Waals surface area contributed by atoms with Crippen molar-refractivity contribution in [3.8, 4) is 0 Å². The third-order valence-electron chi connectivity index (χ3n) is 1.85. The third-order valence-corrected chi connectivity index (χ3v) is 2.58. The van der Waals surface area contributed by atoms with Crippen molar-refractivity contribution in [2.45, 2.75) is 6.42 Å². The smallest absolute Gasteiger partial charge is 0.234 e. The molecule has 0 fully saturated rings. The second-order valence-corrected chi connectivity index (χ2v) is 4.15. The van der Waals surface area contributed by atoms with Gasteiger partial charge in [0.1, 0.15) is 11.7 Å². The van der Waals surface area contributed by atoms with Gasteiger partial charge >= 0.3 is 0 Å². The minimum absolute atomic E-state index is 0.0685. The lowest BCUT2D eigenvalue weighted by atomic mass is 10.1. The molecule has 0 aliphatic heterocycles. The van der Waals surface area contributed by atoms with Crippen LogP contribution in [0.15, 0.2) is 22.7 Å². The Morgan fingerprint density at radius 2 is 2.27 bits per heavy atom. The maximum atomic E-state index is 13.2. The third kappa shape index (κ3) is 4.18. The molecule has 1 aromatic rings. The van der Waals surface area contributed by atoms with Crippen LogP contribution in [0.2, 0.25) is 0 Å². The quantitative estimate of drug-likeness (QED) is 0.849. The van der Waals surface area contributed by atoms with Crippen LogP contribution >= 0.6 is 27.5 Å². The Bertz CT molecular complexity index is 359. The van der Waals surface area contributed by atoms with Gasteiger partial charge in [-0.1, -0.05) is 15.9 Å². The zero-order valence-electron chi connectivity index (χ0n) is 7.90. The van der Waals surface area contributed by atoms with E-state index in [2.05, 4.69) is 21.2 Å². The maximum absolute atomic E-state index is 13.2. The van der Waals surface area contributed by atoms with E-state index in [1.54, 1.807) is 12.1 Å². The number of alkyl halides is 1. The molecule has 0 bridgehead atoms. The van der Waals surface area contributed by atoms with Gasteiger partial charge in [-0.3, -0.25) is 4.79 Å². The Morgan fingerprint density at radius 3 is 2.93 bits per heavy atom.